The van der Waals surface area contributed by atoms with Crippen LogP contribution in [0, 0.1) is 6.92 Å². The van der Waals surface area contributed by atoms with E-state index in [9.17, 15) is 4.79 Å². The Balaban J connectivity index is 1.48. The summed E-state index contributed by atoms with van der Waals surface area (Å²) in [5.41, 5.74) is 1.30. The molecular formula is C13H15N3O2S2. The van der Waals surface area contributed by atoms with Crippen molar-refractivity contribution in [3.63, 3.8) is 0 Å². The summed E-state index contributed by atoms with van der Waals surface area (Å²) < 4.78 is 4.90. The van der Waals surface area contributed by atoms with Crippen LogP contribution in [0.2, 0.25) is 0 Å². The highest BCUT2D eigenvalue weighted by Crippen LogP contribution is 2.24. The molecule has 0 radical (unpaired) electrons. The van der Waals surface area contributed by atoms with E-state index in [2.05, 4.69) is 21.6 Å². The van der Waals surface area contributed by atoms with Gasteiger partial charge in [-0.05, 0) is 23.4 Å². The average Bonchev–Trinajstić information content (AvgIpc) is 3.06. The van der Waals surface area contributed by atoms with Crippen molar-refractivity contribution in [1.82, 2.24) is 15.0 Å². The number of carbonyl (C=O) groups excluding carboxylic acids is 1. The average molecular weight is 309 g/mol. The van der Waals surface area contributed by atoms with Crippen molar-refractivity contribution in [1.29, 1.82) is 0 Å². The van der Waals surface area contributed by atoms with E-state index < -0.39 is 0 Å². The first-order valence-corrected chi connectivity index (χ1v) is 8.46. The second kappa shape index (κ2) is 5.97. The smallest absolute Gasteiger partial charge is 0.232 e. The fraction of sp³-hybridized carbons (Fsp3) is 0.462. The van der Waals surface area contributed by atoms with Gasteiger partial charge in [0.05, 0.1) is 11.5 Å². The SMILES string of the molecule is Cc1nc(CSCC(=O)N2CCc3sccc3C2)no1. The van der Waals surface area contributed by atoms with Crippen LogP contribution in [0.5, 0.6) is 0 Å². The maximum absolute atomic E-state index is 12.2. The highest BCUT2D eigenvalue weighted by Gasteiger charge is 2.21. The molecule has 2 aromatic heterocycles. The van der Waals surface area contributed by atoms with Crippen molar-refractivity contribution in [3.8, 4) is 0 Å². The fourth-order valence-electron chi connectivity index (χ4n) is 2.18. The van der Waals surface area contributed by atoms with Gasteiger partial charge in [-0.1, -0.05) is 5.16 Å². The molecule has 0 saturated heterocycles. The molecule has 0 atom stereocenters. The van der Waals surface area contributed by atoms with Crippen LogP contribution in [-0.2, 0) is 23.5 Å². The minimum Gasteiger partial charge on any atom is -0.340 e. The first-order chi connectivity index (χ1) is 9.72. The largest absolute Gasteiger partial charge is 0.340 e. The monoisotopic (exact) mass is 309 g/mol. The van der Waals surface area contributed by atoms with Crippen molar-refractivity contribution >= 4 is 29.0 Å². The summed E-state index contributed by atoms with van der Waals surface area (Å²) in [7, 11) is 0. The Bertz CT molecular complexity index is 608. The minimum atomic E-state index is 0.187. The molecule has 3 heterocycles. The molecule has 3 rings (SSSR count). The Labute approximate surface area is 125 Å². The normalized spacial score (nSPS) is 14.3. The number of thiophene rings is 1. The number of amides is 1. The van der Waals surface area contributed by atoms with Crippen LogP contribution in [0.4, 0.5) is 0 Å². The number of thioether (sulfide) groups is 1. The van der Waals surface area contributed by atoms with Crippen molar-refractivity contribution < 1.29 is 9.32 Å². The van der Waals surface area contributed by atoms with Gasteiger partial charge in [-0.25, -0.2) is 0 Å². The van der Waals surface area contributed by atoms with E-state index in [4.69, 9.17) is 4.52 Å². The first-order valence-electron chi connectivity index (χ1n) is 6.42. The Morgan fingerprint density at radius 2 is 2.50 bits per heavy atom. The molecule has 0 bridgehead atoms. The van der Waals surface area contributed by atoms with Crippen LogP contribution in [0.25, 0.3) is 0 Å². The third kappa shape index (κ3) is 3.04. The van der Waals surface area contributed by atoms with Gasteiger partial charge < -0.3 is 9.42 Å². The molecule has 0 N–H and O–H groups in total. The molecule has 1 amide bonds. The van der Waals surface area contributed by atoms with Gasteiger partial charge in [-0.15, -0.1) is 23.1 Å². The molecule has 1 aliphatic rings. The number of nitrogens with zero attached hydrogens (tertiary/aromatic N) is 3. The van der Waals surface area contributed by atoms with Crippen LogP contribution in [0.3, 0.4) is 0 Å². The molecule has 7 heteroatoms. The van der Waals surface area contributed by atoms with Crippen LogP contribution >= 0.6 is 23.1 Å². The van der Waals surface area contributed by atoms with Crippen LogP contribution in [0.15, 0.2) is 16.0 Å². The lowest BCUT2D eigenvalue weighted by atomic mass is 10.1. The lowest BCUT2D eigenvalue weighted by Crippen LogP contribution is -2.36. The molecule has 0 aliphatic carbocycles. The van der Waals surface area contributed by atoms with E-state index in [0.717, 1.165) is 19.5 Å². The number of aryl methyl sites for hydroxylation is 1. The number of aromatic nitrogens is 2. The zero-order chi connectivity index (χ0) is 13.9. The second-order valence-corrected chi connectivity index (χ2v) is 6.64. The number of rotatable bonds is 4. The second-order valence-electron chi connectivity index (χ2n) is 4.66. The Hall–Kier alpha value is -1.34. The molecule has 5 nitrogen and oxygen atoms in total. The van der Waals surface area contributed by atoms with Crippen LogP contribution < -0.4 is 0 Å². The van der Waals surface area contributed by atoms with Crippen molar-refractivity contribution in [2.75, 3.05) is 12.3 Å². The van der Waals surface area contributed by atoms with Gasteiger partial charge in [0.15, 0.2) is 5.82 Å². The fourth-order valence-corrected chi connectivity index (χ4v) is 3.83. The van der Waals surface area contributed by atoms with Gasteiger partial charge >= 0.3 is 0 Å². The Morgan fingerprint density at radius 1 is 1.60 bits per heavy atom. The van der Waals surface area contributed by atoms with Crippen LogP contribution in [0.1, 0.15) is 22.2 Å². The molecule has 1 aliphatic heterocycles. The maximum atomic E-state index is 12.2. The molecule has 0 fully saturated rings. The Kier molecular flexibility index (Phi) is 4.07. The summed E-state index contributed by atoms with van der Waals surface area (Å²) in [6.45, 7) is 3.34. The van der Waals surface area contributed by atoms with E-state index in [1.807, 2.05) is 4.90 Å². The van der Waals surface area contributed by atoms with Crippen molar-refractivity contribution in [2.24, 2.45) is 0 Å². The Morgan fingerprint density at radius 3 is 3.30 bits per heavy atom. The minimum absolute atomic E-state index is 0.187. The highest BCUT2D eigenvalue weighted by atomic mass is 32.2. The number of hydrogen-bond acceptors (Lipinski definition) is 6. The number of carbonyl (C=O) groups is 1. The summed E-state index contributed by atoms with van der Waals surface area (Å²) in [5, 5.41) is 5.92. The maximum Gasteiger partial charge on any atom is 0.232 e. The lowest BCUT2D eigenvalue weighted by molar-refractivity contribution is -0.129. The third-order valence-corrected chi connectivity index (χ3v) is 5.12. The van der Waals surface area contributed by atoms with Crippen molar-refractivity contribution in [3.05, 3.63) is 33.6 Å². The van der Waals surface area contributed by atoms with E-state index in [1.165, 1.54) is 22.2 Å². The molecule has 0 saturated carbocycles. The van der Waals surface area contributed by atoms with Gasteiger partial charge in [0.1, 0.15) is 0 Å². The molecule has 0 aromatic carbocycles. The van der Waals surface area contributed by atoms with Crippen molar-refractivity contribution in [2.45, 2.75) is 25.6 Å². The molecular weight excluding hydrogens is 294 g/mol. The summed E-state index contributed by atoms with van der Waals surface area (Å²) in [6.07, 6.45) is 0.980. The molecule has 0 unspecified atom stereocenters. The molecule has 0 spiro atoms. The zero-order valence-electron chi connectivity index (χ0n) is 11.2. The van der Waals surface area contributed by atoms with Gasteiger partial charge in [0, 0.05) is 24.9 Å². The molecule has 2 aromatic rings. The predicted molar refractivity (Wildman–Crippen MR) is 78.6 cm³/mol. The van der Waals surface area contributed by atoms with E-state index in [-0.39, 0.29) is 5.91 Å². The summed E-state index contributed by atoms with van der Waals surface area (Å²) >= 11 is 3.32. The topological polar surface area (TPSA) is 59.2 Å². The van der Waals surface area contributed by atoms with Crippen LogP contribution in [-0.4, -0.2) is 33.2 Å². The lowest BCUT2D eigenvalue weighted by Gasteiger charge is -2.26. The zero-order valence-corrected chi connectivity index (χ0v) is 12.8. The number of hydrogen-bond donors (Lipinski definition) is 0. The third-order valence-electron chi connectivity index (χ3n) is 3.19. The quantitative estimate of drug-likeness (QED) is 0.867. The summed E-state index contributed by atoms with van der Waals surface area (Å²) in [5.74, 6) is 2.48. The molecule has 20 heavy (non-hydrogen) atoms. The van der Waals surface area contributed by atoms with Gasteiger partial charge in [-0.2, -0.15) is 4.98 Å². The standard InChI is InChI=1S/C13H15N3O2S2/c1-9-14-12(15-18-9)7-19-8-13(17)16-4-2-11-10(6-16)3-5-20-11/h3,5H,2,4,6-8H2,1H3. The van der Waals surface area contributed by atoms with Gasteiger partial charge in [-0.3, -0.25) is 4.79 Å². The highest BCUT2D eigenvalue weighted by molar-refractivity contribution is 7.99. The van der Waals surface area contributed by atoms with E-state index in [1.54, 1.807) is 18.3 Å². The first kappa shape index (κ1) is 13.6. The summed E-state index contributed by atoms with van der Waals surface area (Å²) in [6, 6.07) is 2.12. The predicted octanol–water partition coefficient (Wildman–Crippen LogP) is 2.26. The summed E-state index contributed by atoms with van der Waals surface area (Å²) in [4.78, 5) is 19.6. The van der Waals surface area contributed by atoms with Gasteiger partial charge in [0.2, 0.25) is 11.8 Å². The number of fused-ring (bicyclic) bond motifs is 1. The molecule has 106 valence electrons. The van der Waals surface area contributed by atoms with E-state index >= 15 is 0 Å². The van der Waals surface area contributed by atoms with E-state index in [0.29, 0.717) is 23.2 Å². The van der Waals surface area contributed by atoms with Gasteiger partial charge in [0.25, 0.3) is 0 Å².